The van der Waals surface area contributed by atoms with Crippen molar-refractivity contribution in [1.29, 1.82) is 0 Å². The largest absolute Gasteiger partial charge is 0.462 e. The normalized spacial score (nSPS) is 11.4. The van der Waals surface area contributed by atoms with Gasteiger partial charge in [-0.05, 0) is 51.8 Å². The number of esters is 1. The first-order valence-electron chi connectivity index (χ1n) is 8.98. The van der Waals surface area contributed by atoms with Gasteiger partial charge in [0.25, 0.3) is 15.7 Å². The predicted molar refractivity (Wildman–Crippen MR) is 110 cm³/mol. The molecule has 0 saturated heterocycles. The highest BCUT2D eigenvalue weighted by molar-refractivity contribution is 7.92. The van der Waals surface area contributed by atoms with Gasteiger partial charge in [0.05, 0.1) is 21.6 Å². The first kappa shape index (κ1) is 22.4. The van der Waals surface area contributed by atoms with Gasteiger partial charge < -0.3 is 4.74 Å². The molecule has 2 aromatic carbocycles. The van der Waals surface area contributed by atoms with E-state index in [4.69, 9.17) is 4.74 Å². The number of hydrogen-bond acceptors (Lipinski definition) is 6. The van der Waals surface area contributed by atoms with E-state index in [-0.39, 0.29) is 10.6 Å². The van der Waals surface area contributed by atoms with Crippen molar-refractivity contribution in [2.45, 2.75) is 45.6 Å². The SMILES string of the molecule is Cc1cc(C)c(N(CC(=O)OC(C)C)S(=O)(=O)c2cccc([N+](=O)[O-])c2)c(C)c1. The summed E-state index contributed by atoms with van der Waals surface area (Å²) >= 11 is 0. The van der Waals surface area contributed by atoms with Crippen LogP contribution in [0.5, 0.6) is 0 Å². The molecule has 0 bridgehead atoms. The van der Waals surface area contributed by atoms with Crippen LogP contribution in [-0.2, 0) is 19.6 Å². The number of carbonyl (C=O) groups is 1. The highest BCUT2D eigenvalue weighted by Gasteiger charge is 2.31. The van der Waals surface area contributed by atoms with Crippen molar-refractivity contribution in [3.8, 4) is 0 Å². The van der Waals surface area contributed by atoms with Crippen LogP contribution in [0.15, 0.2) is 41.3 Å². The maximum absolute atomic E-state index is 13.4. The molecule has 0 amide bonds. The molecule has 2 rings (SSSR count). The van der Waals surface area contributed by atoms with Crippen LogP contribution >= 0.6 is 0 Å². The summed E-state index contributed by atoms with van der Waals surface area (Å²) in [5.41, 5.74) is 2.26. The molecule has 0 aliphatic heterocycles. The number of ether oxygens (including phenoxy) is 1. The summed E-state index contributed by atoms with van der Waals surface area (Å²) in [6.07, 6.45) is -0.412. The standard InChI is InChI=1S/C20H24N2O6S/c1-13(2)28-19(23)12-21(20-15(4)9-14(3)10-16(20)5)29(26,27)18-8-6-7-17(11-18)22(24)25/h6-11,13H,12H2,1-5H3. The lowest BCUT2D eigenvalue weighted by Crippen LogP contribution is -2.38. The number of hydrogen-bond donors (Lipinski definition) is 0. The van der Waals surface area contributed by atoms with Crippen molar-refractivity contribution < 1.29 is 22.9 Å². The lowest BCUT2D eigenvalue weighted by atomic mass is 10.1. The molecule has 0 heterocycles. The Balaban J connectivity index is 2.65. The average Bonchev–Trinajstić information content (AvgIpc) is 2.59. The van der Waals surface area contributed by atoms with Gasteiger partial charge in [0.2, 0.25) is 0 Å². The molecule has 156 valence electrons. The monoisotopic (exact) mass is 420 g/mol. The molecule has 0 fully saturated rings. The number of nitro groups is 1. The molecule has 2 aromatic rings. The number of aryl methyl sites for hydroxylation is 3. The Morgan fingerprint density at radius 1 is 1.14 bits per heavy atom. The average molecular weight is 420 g/mol. The van der Waals surface area contributed by atoms with E-state index < -0.39 is 33.6 Å². The van der Waals surface area contributed by atoms with Crippen LogP contribution in [0.2, 0.25) is 0 Å². The van der Waals surface area contributed by atoms with Crippen molar-refractivity contribution in [3.05, 3.63) is 63.2 Å². The summed E-state index contributed by atoms with van der Waals surface area (Å²) in [5, 5.41) is 11.1. The molecule has 0 radical (unpaired) electrons. The molecule has 0 atom stereocenters. The van der Waals surface area contributed by atoms with E-state index in [1.54, 1.807) is 27.7 Å². The Labute approximate surface area is 170 Å². The van der Waals surface area contributed by atoms with E-state index in [0.29, 0.717) is 16.8 Å². The maximum Gasteiger partial charge on any atom is 0.327 e. The van der Waals surface area contributed by atoms with E-state index in [2.05, 4.69) is 0 Å². The Bertz CT molecular complexity index is 1020. The predicted octanol–water partition coefficient (Wildman–Crippen LogP) is 3.67. The number of nitro benzene ring substituents is 1. The van der Waals surface area contributed by atoms with E-state index in [0.717, 1.165) is 15.9 Å². The van der Waals surface area contributed by atoms with Crippen molar-refractivity contribution in [1.82, 2.24) is 0 Å². The molecule has 0 spiro atoms. The van der Waals surface area contributed by atoms with Gasteiger partial charge in [-0.3, -0.25) is 19.2 Å². The van der Waals surface area contributed by atoms with Gasteiger partial charge in [0, 0.05) is 12.1 Å². The summed E-state index contributed by atoms with van der Waals surface area (Å²) in [6, 6.07) is 8.37. The lowest BCUT2D eigenvalue weighted by molar-refractivity contribution is -0.385. The number of anilines is 1. The number of carbonyl (C=O) groups excluding carboxylic acids is 1. The number of rotatable bonds is 7. The quantitative estimate of drug-likeness (QED) is 0.384. The molecule has 8 nitrogen and oxygen atoms in total. The molecule has 0 saturated carbocycles. The second kappa shape index (κ2) is 8.60. The van der Waals surface area contributed by atoms with E-state index in [1.807, 2.05) is 19.1 Å². The van der Waals surface area contributed by atoms with Crippen LogP contribution in [0.3, 0.4) is 0 Å². The summed E-state index contributed by atoms with van der Waals surface area (Å²) in [5.74, 6) is -0.714. The fraction of sp³-hybridized carbons (Fsp3) is 0.350. The Hall–Kier alpha value is -2.94. The molecule has 0 aliphatic rings. The first-order valence-corrected chi connectivity index (χ1v) is 10.4. The smallest absolute Gasteiger partial charge is 0.327 e. The molecular formula is C20H24N2O6S. The molecule has 0 aliphatic carbocycles. The van der Waals surface area contributed by atoms with Gasteiger partial charge in [-0.25, -0.2) is 8.42 Å². The molecule has 0 aromatic heterocycles. The minimum atomic E-state index is -4.27. The van der Waals surface area contributed by atoms with Gasteiger partial charge in [-0.1, -0.05) is 23.8 Å². The molecular weight excluding hydrogens is 396 g/mol. The minimum Gasteiger partial charge on any atom is -0.462 e. The fourth-order valence-electron chi connectivity index (χ4n) is 3.15. The van der Waals surface area contributed by atoms with Crippen LogP contribution in [0.1, 0.15) is 30.5 Å². The van der Waals surface area contributed by atoms with Gasteiger partial charge in [0.15, 0.2) is 0 Å². The highest BCUT2D eigenvalue weighted by atomic mass is 32.2. The third kappa shape index (κ3) is 5.11. The summed E-state index contributed by atoms with van der Waals surface area (Å²) in [4.78, 5) is 22.5. The number of sulfonamides is 1. The maximum atomic E-state index is 13.4. The summed E-state index contributed by atoms with van der Waals surface area (Å²) < 4.78 is 32.9. The van der Waals surface area contributed by atoms with E-state index >= 15 is 0 Å². The van der Waals surface area contributed by atoms with Crippen molar-refractivity contribution in [3.63, 3.8) is 0 Å². The van der Waals surface area contributed by atoms with Crippen molar-refractivity contribution in [2.75, 3.05) is 10.8 Å². The first-order chi connectivity index (χ1) is 13.4. The zero-order chi connectivity index (χ0) is 21.9. The van der Waals surface area contributed by atoms with Gasteiger partial charge in [-0.15, -0.1) is 0 Å². The van der Waals surface area contributed by atoms with E-state index in [9.17, 15) is 23.3 Å². The number of non-ortho nitro benzene ring substituents is 1. The Morgan fingerprint density at radius 3 is 2.24 bits per heavy atom. The second-order valence-corrected chi connectivity index (χ2v) is 8.91. The zero-order valence-electron chi connectivity index (χ0n) is 17.0. The van der Waals surface area contributed by atoms with Crippen LogP contribution in [-0.4, -0.2) is 32.0 Å². The number of nitrogens with zero attached hydrogens (tertiary/aromatic N) is 2. The van der Waals surface area contributed by atoms with Crippen molar-refractivity contribution >= 4 is 27.4 Å². The highest BCUT2D eigenvalue weighted by Crippen LogP contribution is 2.32. The molecule has 0 unspecified atom stereocenters. The van der Waals surface area contributed by atoms with Crippen LogP contribution in [0, 0.1) is 30.9 Å². The minimum absolute atomic E-state index is 0.275. The molecule has 0 N–H and O–H groups in total. The van der Waals surface area contributed by atoms with Crippen molar-refractivity contribution in [2.24, 2.45) is 0 Å². The Kier molecular flexibility index (Phi) is 6.63. The summed E-state index contributed by atoms with van der Waals surface area (Å²) in [6.45, 7) is 8.17. The van der Waals surface area contributed by atoms with E-state index in [1.165, 1.54) is 18.2 Å². The van der Waals surface area contributed by atoms with Crippen LogP contribution < -0.4 is 4.31 Å². The van der Waals surface area contributed by atoms with Gasteiger partial charge in [0.1, 0.15) is 6.54 Å². The topological polar surface area (TPSA) is 107 Å². The molecule has 9 heteroatoms. The second-order valence-electron chi connectivity index (χ2n) is 7.05. The zero-order valence-corrected chi connectivity index (χ0v) is 17.8. The third-order valence-electron chi connectivity index (χ3n) is 4.14. The fourth-order valence-corrected chi connectivity index (χ4v) is 4.73. The van der Waals surface area contributed by atoms with Gasteiger partial charge in [-0.2, -0.15) is 0 Å². The number of benzene rings is 2. The Morgan fingerprint density at radius 2 is 1.72 bits per heavy atom. The lowest BCUT2D eigenvalue weighted by Gasteiger charge is -2.27. The van der Waals surface area contributed by atoms with Crippen LogP contribution in [0.25, 0.3) is 0 Å². The van der Waals surface area contributed by atoms with Crippen LogP contribution in [0.4, 0.5) is 11.4 Å². The summed E-state index contributed by atoms with van der Waals surface area (Å²) in [7, 11) is -4.27. The third-order valence-corrected chi connectivity index (χ3v) is 5.88. The molecule has 29 heavy (non-hydrogen) atoms. The van der Waals surface area contributed by atoms with Gasteiger partial charge >= 0.3 is 5.97 Å².